The highest BCUT2D eigenvalue weighted by Crippen LogP contribution is 2.25. The maximum absolute atomic E-state index is 10.00. The Balaban J connectivity index is 1.93. The molecule has 0 aliphatic carbocycles. The predicted molar refractivity (Wildman–Crippen MR) is 73.5 cm³/mol. The van der Waals surface area contributed by atoms with Crippen molar-refractivity contribution in [3.05, 3.63) is 37.9 Å². The molecule has 0 saturated heterocycles. The van der Waals surface area contributed by atoms with Crippen LogP contribution >= 0.6 is 33.9 Å². The van der Waals surface area contributed by atoms with E-state index in [1.165, 1.54) is 2.88 Å². The summed E-state index contributed by atoms with van der Waals surface area (Å²) in [6, 6.07) is 4.03. The zero-order valence-electron chi connectivity index (χ0n) is 8.93. The molecule has 3 nitrogen and oxygen atoms in total. The average Bonchev–Trinajstić information content (AvgIpc) is 2.84. The van der Waals surface area contributed by atoms with E-state index in [0.29, 0.717) is 0 Å². The molecule has 0 aromatic carbocycles. The van der Waals surface area contributed by atoms with Crippen LogP contribution in [0.4, 0.5) is 0 Å². The fourth-order valence-corrected chi connectivity index (χ4v) is 3.01. The maximum atomic E-state index is 10.00. The molecule has 2 heterocycles. The topological polar surface area (TPSA) is 38.0 Å². The summed E-state index contributed by atoms with van der Waals surface area (Å²) in [6.07, 6.45) is 3.01. The first-order valence-electron chi connectivity index (χ1n) is 5.05. The molecule has 5 heteroatoms. The summed E-state index contributed by atoms with van der Waals surface area (Å²) in [6.45, 7) is 0. The third-order valence-electron chi connectivity index (χ3n) is 2.57. The van der Waals surface area contributed by atoms with Gasteiger partial charge in [0, 0.05) is 18.9 Å². The van der Waals surface area contributed by atoms with Crippen LogP contribution in [0.25, 0.3) is 0 Å². The number of aliphatic hydroxyl groups is 1. The van der Waals surface area contributed by atoms with E-state index in [-0.39, 0.29) is 6.10 Å². The summed E-state index contributed by atoms with van der Waals surface area (Å²) in [4.78, 5) is 0. The van der Waals surface area contributed by atoms with E-state index in [0.717, 1.165) is 24.1 Å². The second kappa shape index (κ2) is 5.29. The lowest BCUT2D eigenvalue weighted by atomic mass is 10.1. The molecule has 0 aliphatic rings. The van der Waals surface area contributed by atoms with Gasteiger partial charge in [-0.25, -0.2) is 0 Å². The van der Waals surface area contributed by atoms with Gasteiger partial charge in [-0.3, -0.25) is 4.68 Å². The van der Waals surface area contributed by atoms with Crippen molar-refractivity contribution in [2.75, 3.05) is 0 Å². The third kappa shape index (κ3) is 2.83. The molecule has 16 heavy (non-hydrogen) atoms. The van der Waals surface area contributed by atoms with E-state index >= 15 is 0 Å². The van der Waals surface area contributed by atoms with Gasteiger partial charge in [-0.1, -0.05) is 0 Å². The van der Waals surface area contributed by atoms with Crippen molar-refractivity contribution in [3.63, 3.8) is 0 Å². The fourth-order valence-electron chi connectivity index (χ4n) is 1.60. The van der Waals surface area contributed by atoms with Gasteiger partial charge in [0.15, 0.2) is 0 Å². The van der Waals surface area contributed by atoms with Gasteiger partial charge in [0.1, 0.15) is 0 Å². The highest BCUT2D eigenvalue weighted by molar-refractivity contribution is 14.1. The quantitative estimate of drug-likeness (QED) is 0.863. The average molecular weight is 348 g/mol. The molecule has 0 aliphatic heterocycles. The van der Waals surface area contributed by atoms with Gasteiger partial charge in [-0.2, -0.15) is 5.10 Å². The van der Waals surface area contributed by atoms with Crippen molar-refractivity contribution in [2.45, 2.75) is 18.9 Å². The van der Waals surface area contributed by atoms with Crippen LogP contribution in [-0.2, 0) is 13.5 Å². The minimum Gasteiger partial charge on any atom is -0.388 e. The number of halogens is 1. The molecule has 0 radical (unpaired) electrons. The van der Waals surface area contributed by atoms with E-state index in [9.17, 15) is 5.11 Å². The number of aryl methyl sites for hydroxylation is 2. The minimum absolute atomic E-state index is 0.366. The van der Waals surface area contributed by atoms with E-state index in [1.54, 1.807) is 17.5 Å². The van der Waals surface area contributed by atoms with Crippen LogP contribution in [-0.4, -0.2) is 14.9 Å². The van der Waals surface area contributed by atoms with Crippen molar-refractivity contribution in [1.82, 2.24) is 9.78 Å². The van der Waals surface area contributed by atoms with Crippen LogP contribution in [0, 0.1) is 2.88 Å². The van der Waals surface area contributed by atoms with Crippen LogP contribution in [0.5, 0.6) is 0 Å². The van der Waals surface area contributed by atoms with Crippen molar-refractivity contribution in [2.24, 2.45) is 7.05 Å². The number of thiophene rings is 1. The molecule has 0 saturated carbocycles. The number of aromatic nitrogens is 2. The Kier molecular flexibility index (Phi) is 3.99. The SMILES string of the molecule is Cn1nccc1CCC(O)c1csc(I)c1. The first kappa shape index (κ1) is 12.1. The Labute approximate surface area is 112 Å². The zero-order chi connectivity index (χ0) is 11.5. The summed E-state index contributed by atoms with van der Waals surface area (Å²) >= 11 is 3.94. The predicted octanol–water partition coefficient (Wildman–Crippen LogP) is 2.75. The molecule has 0 fully saturated rings. The Bertz CT molecular complexity index is 466. The first-order chi connectivity index (χ1) is 7.66. The van der Waals surface area contributed by atoms with E-state index in [2.05, 4.69) is 27.7 Å². The Morgan fingerprint density at radius 2 is 2.44 bits per heavy atom. The molecule has 1 atom stereocenters. The number of rotatable bonds is 4. The second-order valence-electron chi connectivity index (χ2n) is 3.68. The number of aliphatic hydroxyl groups excluding tert-OH is 1. The van der Waals surface area contributed by atoms with E-state index in [1.807, 2.05) is 29.2 Å². The molecule has 2 aromatic heterocycles. The van der Waals surface area contributed by atoms with Gasteiger partial charge in [0.25, 0.3) is 0 Å². The molecule has 1 unspecified atom stereocenters. The van der Waals surface area contributed by atoms with Crippen LogP contribution in [0.1, 0.15) is 23.8 Å². The molecule has 0 bridgehead atoms. The summed E-state index contributed by atoms with van der Waals surface area (Å²) in [5.41, 5.74) is 2.18. The van der Waals surface area contributed by atoms with Crippen molar-refractivity contribution < 1.29 is 5.11 Å². The smallest absolute Gasteiger partial charge is 0.0802 e. The molecular formula is C11H13IN2OS. The maximum Gasteiger partial charge on any atom is 0.0802 e. The summed E-state index contributed by atoms with van der Waals surface area (Å²) < 4.78 is 3.07. The number of nitrogens with zero attached hydrogens (tertiary/aromatic N) is 2. The van der Waals surface area contributed by atoms with Crippen molar-refractivity contribution >= 4 is 33.9 Å². The molecule has 0 amide bonds. The zero-order valence-corrected chi connectivity index (χ0v) is 11.9. The van der Waals surface area contributed by atoms with Gasteiger partial charge < -0.3 is 5.11 Å². The van der Waals surface area contributed by atoms with Crippen LogP contribution < -0.4 is 0 Å². The standard InChI is InChI=1S/C11H13IN2OS/c1-14-9(4-5-13-14)2-3-10(15)8-6-11(12)16-7-8/h4-7,10,15H,2-3H2,1H3. The molecule has 0 spiro atoms. The summed E-state index contributed by atoms with van der Waals surface area (Å²) in [5.74, 6) is 0. The second-order valence-corrected chi connectivity index (χ2v) is 6.49. The van der Waals surface area contributed by atoms with Crippen molar-refractivity contribution in [1.29, 1.82) is 0 Å². The molecule has 2 rings (SSSR count). The lowest BCUT2D eigenvalue weighted by Crippen LogP contribution is -2.02. The minimum atomic E-state index is -0.366. The first-order valence-corrected chi connectivity index (χ1v) is 7.01. The van der Waals surface area contributed by atoms with Gasteiger partial charge in [0.2, 0.25) is 0 Å². The van der Waals surface area contributed by atoms with Gasteiger partial charge in [0.05, 0.1) is 8.99 Å². The highest BCUT2D eigenvalue weighted by atomic mass is 127. The van der Waals surface area contributed by atoms with Crippen LogP contribution in [0.3, 0.4) is 0 Å². The fraction of sp³-hybridized carbons (Fsp3) is 0.364. The van der Waals surface area contributed by atoms with Gasteiger partial charge in [-0.15, -0.1) is 11.3 Å². The Hall–Kier alpha value is -0.400. The molecular weight excluding hydrogens is 335 g/mol. The third-order valence-corrected chi connectivity index (χ3v) is 4.38. The Morgan fingerprint density at radius 3 is 3.00 bits per heavy atom. The highest BCUT2D eigenvalue weighted by Gasteiger charge is 2.10. The largest absolute Gasteiger partial charge is 0.388 e. The summed E-state index contributed by atoms with van der Waals surface area (Å²) in [5, 5.41) is 16.1. The molecule has 86 valence electrons. The monoisotopic (exact) mass is 348 g/mol. The molecule has 2 aromatic rings. The van der Waals surface area contributed by atoms with E-state index in [4.69, 9.17) is 0 Å². The normalized spacial score (nSPS) is 12.9. The lowest BCUT2D eigenvalue weighted by Gasteiger charge is -2.08. The summed E-state index contributed by atoms with van der Waals surface area (Å²) in [7, 11) is 1.93. The van der Waals surface area contributed by atoms with Gasteiger partial charge >= 0.3 is 0 Å². The van der Waals surface area contributed by atoms with Crippen LogP contribution in [0.2, 0.25) is 0 Å². The number of hydrogen-bond acceptors (Lipinski definition) is 3. The number of hydrogen-bond donors (Lipinski definition) is 1. The van der Waals surface area contributed by atoms with Crippen molar-refractivity contribution in [3.8, 4) is 0 Å². The van der Waals surface area contributed by atoms with Crippen LogP contribution in [0.15, 0.2) is 23.7 Å². The van der Waals surface area contributed by atoms with Gasteiger partial charge in [-0.05, 0) is 58.5 Å². The lowest BCUT2D eigenvalue weighted by molar-refractivity contribution is 0.167. The molecule has 1 N–H and O–H groups in total. The Morgan fingerprint density at radius 1 is 1.62 bits per heavy atom. The van der Waals surface area contributed by atoms with E-state index < -0.39 is 0 Å².